The maximum atomic E-state index is 12.5. The predicted molar refractivity (Wildman–Crippen MR) is 111 cm³/mol. The molecule has 2 aromatic carbocycles. The third-order valence-electron chi connectivity index (χ3n) is 4.44. The molecule has 28 heavy (non-hydrogen) atoms. The van der Waals surface area contributed by atoms with E-state index in [-0.39, 0.29) is 21.8 Å². The van der Waals surface area contributed by atoms with Crippen LogP contribution in [0.15, 0.2) is 59.5 Å². The van der Waals surface area contributed by atoms with Gasteiger partial charge in [0.1, 0.15) is 10.8 Å². The summed E-state index contributed by atoms with van der Waals surface area (Å²) in [6, 6.07) is 14.9. The molecule has 146 valence electrons. The molecule has 0 unspecified atom stereocenters. The SMILES string of the molecule is CC(C)N(C)S(=O)(=O)c1ccc(NC(=O)c2cc3ccccc3c(Cl)n2)cc1. The quantitative estimate of drug-likeness (QED) is 0.632. The average molecular weight is 418 g/mol. The van der Waals surface area contributed by atoms with Crippen LogP contribution in [0.2, 0.25) is 5.15 Å². The Balaban J connectivity index is 1.82. The molecule has 6 nitrogen and oxygen atoms in total. The Morgan fingerprint density at radius 2 is 1.75 bits per heavy atom. The number of anilines is 1. The fourth-order valence-electron chi connectivity index (χ4n) is 2.62. The van der Waals surface area contributed by atoms with Crippen molar-refractivity contribution in [2.45, 2.75) is 24.8 Å². The van der Waals surface area contributed by atoms with Crippen molar-refractivity contribution in [3.05, 3.63) is 65.4 Å². The molecule has 0 aliphatic carbocycles. The molecule has 0 fully saturated rings. The second kappa shape index (κ2) is 7.87. The molecular formula is C20H20ClN3O3S. The number of fused-ring (bicyclic) bond motifs is 1. The Morgan fingerprint density at radius 1 is 1.11 bits per heavy atom. The molecule has 1 N–H and O–H groups in total. The van der Waals surface area contributed by atoms with Crippen LogP contribution in [0.25, 0.3) is 10.8 Å². The Kier molecular flexibility index (Phi) is 5.69. The molecule has 0 radical (unpaired) electrons. The molecule has 0 saturated heterocycles. The van der Waals surface area contributed by atoms with Crippen LogP contribution in [0.3, 0.4) is 0 Å². The Morgan fingerprint density at radius 3 is 2.39 bits per heavy atom. The third kappa shape index (κ3) is 4.01. The summed E-state index contributed by atoms with van der Waals surface area (Å²) in [5.74, 6) is -0.428. The van der Waals surface area contributed by atoms with Gasteiger partial charge >= 0.3 is 0 Å². The highest BCUT2D eigenvalue weighted by atomic mass is 35.5. The highest BCUT2D eigenvalue weighted by Crippen LogP contribution is 2.23. The summed E-state index contributed by atoms with van der Waals surface area (Å²) in [5, 5.41) is 4.54. The number of benzene rings is 2. The number of hydrogen-bond donors (Lipinski definition) is 1. The van der Waals surface area contributed by atoms with Crippen molar-refractivity contribution >= 4 is 44.0 Å². The number of hydrogen-bond acceptors (Lipinski definition) is 4. The number of sulfonamides is 1. The van der Waals surface area contributed by atoms with Crippen molar-refractivity contribution in [2.75, 3.05) is 12.4 Å². The maximum absolute atomic E-state index is 12.5. The first kappa shape index (κ1) is 20.3. The first-order valence-corrected chi connectivity index (χ1v) is 10.5. The van der Waals surface area contributed by atoms with E-state index in [1.807, 2.05) is 24.3 Å². The zero-order valence-electron chi connectivity index (χ0n) is 15.7. The molecule has 1 aromatic heterocycles. The van der Waals surface area contributed by atoms with E-state index in [1.54, 1.807) is 32.0 Å². The monoisotopic (exact) mass is 417 g/mol. The van der Waals surface area contributed by atoms with Crippen molar-refractivity contribution in [3.8, 4) is 0 Å². The van der Waals surface area contributed by atoms with E-state index >= 15 is 0 Å². The van der Waals surface area contributed by atoms with Crippen molar-refractivity contribution in [3.63, 3.8) is 0 Å². The summed E-state index contributed by atoms with van der Waals surface area (Å²) >= 11 is 6.17. The van der Waals surface area contributed by atoms with E-state index in [2.05, 4.69) is 10.3 Å². The van der Waals surface area contributed by atoms with Crippen molar-refractivity contribution in [2.24, 2.45) is 0 Å². The lowest BCUT2D eigenvalue weighted by Crippen LogP contribution is -2.33. The van der Waals surface area contributed by atoms with E-state index in [4.69, 9.17) is 11.6 Å². The minimum Gasteiger partial charge on any atom is -0.321 e. The number of pyridine rings is 1. The van der Waals surface area contributed by atoms with Gasteiger partial charge in [0.05, 0.1) is 4.90 Å². The van der Waals surface area contributed by atoms with Crippen LogP contribution in [0, 0.1) is 0 Å². The van der Waals surface area contributed by atoms with E-state index in [1.165, 1.54) is 23.5 Å². The van der Waals surface area contributed by atoms with Gasteiger partial charge in [-0.25, -0.2) is 13.4 Å². The highest BCUT2D eigenvalue weighted by molar-refractivity contribution is 7.89. The molecule has 0 atom stereocenters. The molecule has 3 rings (SSSR count). The highest BCUT2D eigenvalue weighted by Gasteiger charge is 2.23. The number of rotatable bonds is 5. The van der Waals surface area contributed by atoms with E-state index in [0.717, 1.165) is 10.8 Å². The summed E-state index contributed by atoms with van der Waals surface area (Å²) in [7, 11) is -2.04. The number of aromatic nitrogens is 1. The van der Waals surface area contributed by atoms with Crippen LogP contribution >= 0.6 is 11.6 Å². The predicted octanol–water partition coefficient (Wildman–Crippen LogP) is 4.17. The summed E-state index contributed by atoms with van der Waals surface area (Å²) in [6.07, 6.45) is 0. The largest absolute Gasteiger partial charge is 0.321 e. The lowest BCUT2D eigenvalue weighted by atomic mass is 10.1. The fraction of sp³-hybridized carbons (Fsp3) is 0.200. The molecule has 0 aliphatic rings. The third-order valence-corrected chi connectivity index (χ3v) is 6.78. The number of carbonyl (C=O) groups excluding carboxylic acids is 1. The van der Waals surface area contributed by atoms with Crippen molar-refractivity contribution in [1.29, 1.82) is 0 Å². The van der Waals surface area contributed by atoms with Crippen LogP contribution in [0.5, 0.6) is 0 Å². The molecule has 0 bridgehead atoms. The topological polar surface area (TPSA) is 79.4 Å². The lowest BCUT2D eigenvalue weighted by molar-refractivity contribution is 0.102. The van der Waals surface area contributed by atoms with Gasteiger partial charge in [-0.15, -0.1) is 0 Å². The van der Waals surface area contributed by atoms with Crippen LogP contribution < -0.4 is 5.32 Å². The van der Waals surface area contributed by atoms with Crippen LogP contribution in [-0.4, -0.2) is 36.7 Å². The van der Waals surface area contributed by atoms with Gasteiger partial charge in [-0.2, -0.15) is 4.31 Å². The van der Waals surface area contributed by atoms with Gasteiger partial charge in [0, 0.05) is 24.2 Å². The summed E-state index contributed by atoms with van der Waals surface area (Å²) < 4.78 is 26.3. The molecule has 1 amide bonds. The van der Waals surface area contributed by atoms with Gasteiger partial charge in [0.25, 0.3) is 5.91 Å². The fourth-order valence-corrected chi connectivity index (χ4v) is 4.25. The molecule has 1 heterocycles. The maximum Gasteiger partial charge on any atom is 0.274 e. The first-order chi connectivity index (χ1) is 13.2. The zero-order chi connectivity index (χ0) is 20.5. The van der Waals surface area contributed by atoms with Gasteiger partial charge in [-0.1, -0.05) is 35.9 Å². The smallest absolute Gasteiger partial charge is 0.274 e. The minimum absolute atomic E-state index is 0.159. The van der Waals surface area contributed by atoms with Gasteiger partial charge in [-0.3, -0.25) is 4.79 Å². The lowest BCUT2D eigenvalue weighted by Gasteiger charge is -2.21. The van der Waals surface area contributed by atoms with E-state index in [9.17, 15) is 13.2 Å². The number of carbonyl (C=O) groups is 1. The molecule has 0 aliphatic heterocycles. The van der Waals surface area contributed by atoms with Gasteiger partial charge in [-0.05, 0) is 49.6 Å². The Bertz CT molecular complexity index is 1130. The molecular weight excluding hydrogens is 398 g/mol. The van der Waals surface area contributed by atoms with Crippen LogP contribution in [0.1, 0.15) is 24.3 Å². The van der Waals surface area contributed by atoms with Gasteiger partial charge in [0.15, 0.2) is 0 Å². The standard InChI is InChI=1S/C20H20ClN3O3S/c1-13(2)24(3)28(26,27)16-10-8-15(9-11-16)22-20(25)18-12-14-6-4-5-7-17(14)19(21)23-18/h4-13H,1-3H3,(H,22,25). The van der Waals surface area contributed by atoms with Crippen LogP contribution in [0.4, 0.5) is 5.69 Å². The van der Waals surface area contributed by atoms with Crippen molar-refractivity contribution < 1.29 is 13.2 Å². The minimum atomic E-state index is -3.57. The van der Waals surface area contributed by atoms with Gasteiger partial charge < -0.3 is 5.32 Å². The van der Waals surface area contributed by atoms with Gasteiger partial charge in [0.2, 0.25) is 10.0 Å². The number of nitrogens with one attached hydrogen (secondary N) is 1. The second-order valence-electron chi connectivity index (χ2n) is 6.61. The molecule has 3 aromatic rings. The molecule has 0 spiro atoms. The first-order valence-electron chi connectivity index (χ1n) is 8.65. The summed E-state index contributed by atoms with van der Waals surface area (Å²) in [5.41, 5.74) is 0.641. The normalized spacial score (nSPS) is 11.9. The zero-order valence-corrected chi connectivity index (χ0v) is 17.3. The second-order valence-corrected chi connectivity index (χ2v) is 8.97. The Hall–Kier alpha value is -2.48. The van der Waals surface area contributed by atoms with Crippen molar-refractivity contribution in [1.82, 2.24) is 9.29 Å². The number of halogens is 1. The van der Waals surface area contributed by atoms with E-state index in [0.29, 0.717) is 5.69 Å². The number of amides is 1. The number of nitrogens with zero attached hydrogens (tertiary/aromatic N) is 2. The Labute approximate surface area is 169 Å². The summed E-state index contributed by atoms with van der Waals surface area (Å²) in [6.45, 7) is 3.60. The van der Waals surface area contributed by atoms with Crippen LogP contribution in [-0.2, 0) is 10.0 Å². The summed E-state index contributed by atoms with van der Waals surface area (Å²) in [4.78, 5) is 16.8. The molecule has 0 saturated carbocycles. The molecule has 8 heteroatoms. The van der Waals surface area contributed by atoms with E-state index < -0.39 is 15.9 Å². The average Bonchev–Trinajstić information content (AvgIpc) is 2.67.